The molecule has 32 heavy (non-hydrogen) atoms. The van der Waals surface area contributed by atoms with Crippen LogP contribution < -0.4 is 4.74 Å². The van der Waals surface area contributed by atoms with Gasteiger partial charge in [0, 0.05) is 6.61 Å². The summed E-state index contributed by atoms with van der Waals surface area (Å²) in [6.07, 6.45) is -4.68. The number of benzene rings is 2. The molecule has 2 aromatic rings. The van der Waals surface area contributed by atoms with Crippen LogP contribution in [0.5, 0.6) is 5.75 Å². The van der Waals surface area contributed by atoms with Crippen LogP contribution >= 0.6 is 0 Å². The third-order valence-electron chi connectivity index (χ3n) is 6.22. The summed E-state index contributed by atoms with van der Waals surface area (Å²) < 4.78 is 105. The molecule has 3 atom stereocenters. The number of fused-ring (bicyclic) bond motifs is 3. The Morgan fingerprint density at radius 2 is 1.69 bits per heavy atom. The predicted octanol–water partition coefficient (Wildman–Crippen LogP) is 4.04. The molecule has 0 spiro atoms. The Morgan fingerprint density at radius 1 is 1.06 bits per heavy atom. The maximum absolute atomic E-state index is 15.1. The van der Waals surface area contributed by atoms with Gasteiger partial charge in [0.2, 0.25) is 0 Å². The van der Waals surface area contributed by atoms with E-state index in [1.165, 1.54) is 6.92 Å². The summed E-state index contributed by atoms with van der Waals surface area (Å²) in [4.78, 5) is 11.4. The molecule has 0 saturated carbocycles. The van der Waals surface area contributed by atoms with Gasteiger partial charge in [-0.05, 0) is 49.7 Å². The lowest BCUT2D eigenvalue weighted by molar-refractivity contribution is -0.157. The largest absolute Gasteiger partial charge is 0.490 e. The molecule has 0 N–H and O–H groups in total. The van der Waals surface area contributed by atoms with Gasteiger partial charge in [-0.15, -0.1) is 0 Å². The zero-order chi connectivity index (χ0) is 23.5. The van der Waals surface area contributed by atoms with E-state index in [1.807, 2.05) is 0 Å². The van der Waals surface area contributed by atoms with E-state index in [1.54, 1.807) is 0 Å². The molecule has 2 aliphatic heterocycles. The Labute approximate surface area is 180 Å². The van der Waals surface area contributed by atoms with Crippen molar-refractivity contribution in [1.82, 2.24) is 0 Å². The van der Waals surface area contributed by atoms with Gasteiger partial charge in [-0.1, -0.05) is 0 Å². The van der Waals surface area contributed by atoms with Crippen molar-refractivity contribution >= 4 is 16.1 Å². The predicted molar refractivity (Wildman–Crippen MR) is 101 cm³/mol. The number of ether oxygens (including phenoxy) is 2. The van der Waals surface area contributed by atoms with Crippen molar-refractivity contribution < 1.29 is 44.6 Å². The monoisotopic (exact) mass is 476 g/mol. The van der Waals surface area contributed by atoms with Crippen LogP contribution in [0, 0.1) is 17.6 Å². The van der Waals surface area contributed by atoms with Gasteiger partial charge in [-0.25, -0.2) is 17.2 Å². The number of hydrogen-bond donors (Lipinski definition) is 0. The second-order valence-electron chi connectivity index (χ2n) is 7.91. The lowest BCUT2D eigenvalue weighted by atomic mass is 9.71. The molecular weight excluding hydrogens is 459 g/mol. The first-order valence-corrected chi connectivity index (χ1v) is 11.0. The molecule has 1 fully saturated rings. The van der Waals surface area contributed by atoms with Crippen LogP contribution in [0.15, 0.2) is 41.3 Å². The molecule has 0 bridgehead atoms. The zero-order valence-electron chi connectivity index (χ0n) is 16.6. The molecule has 0 unspecified atom stereocenters. The molecule has 1 saturated heterocycles. The third kappa shape index (κ3) is 3.05. The Kier molecular flexibility index (Phi) is 5.13. The number of alkyl halides is 3. The van der Waals surface area contributed by atoms with Crippen LogP contribution in [0.3, 0.4) is 0 Å². The van der Waals surface area contributed by atoms with E-state index < -0.39 is 72.3 Å². The number of carbonyl (C=O) groups is 1. The minimum absolute atomic E-state index is 0.291. The lowest BCUT2D eigenvalue weighted by Gasteiger charge is -2.52. The Hall–Kier alpha value is -2.53. The molecule has 0 radical (unpaired) electrons. The highest BCUT2D eigenvalue weighted by Crippen LogP contribution is 2.57. The van der Waals surface area contributed by atoms with Gasteiger partial charge in [0.15, 0.2) is 27.7 Å². The number of halogens is 5. The summed E-state index contributed by atoms with van der Waals surface area (Å²) in [6.45, 7) is 0.538. The maximum Gasteiger partial charge on any atom is 0.416 e. The fraction of sp³-hybridized carbons (Fsp3) is 0.381. The van der Waals surface area contributed by atoms with Crippen LogP contribution in [0.1, 0.15) is 24.5 Å². The summed E-state index contributed by atoms with van der Waals surface area (Å²) in [5.41, 5.74) is -3.39. The SMILES string of the molecule is C[C@@]1(C=O)OCC[C@@]2(S(=O)(=O)c3ccc(C(F)(F)F)cc3)c3c(F)ccc(F)c3OC[C@@H]12. The highest BCUT2D eigenvalue weighted by atomic mass is 32.2. The van der Waals surface area contributed by atoms with Crippen molar-refractivity contribution in [1.29, 1.82) is 0 Å². The molecule has 0 amide bonds. The molecule has 0 aliphatic carbocycles. The summed E-state index contributed by atoms with van der Waals surface area (Å²) in [6, 6.07) is 4.26. The molecule has 2 aliphatic rings. The van der Waals surface area contributed by atoms with Crippen LogP contribution in [-0.2, 0) is 30.3 Å². The Bertz CT molecular complexity index is 1180. The van der Waals surface area contributed by atoms with E-state index >= 15 is 4.39 Å². The van der Waals surface area contributed by atoms with Crippen LogP contribution in [-0.4, -0.2) is 33.5 Å². The number of sulfone groups is 1. The van der Waals surface area contributed by atoms with E-state index in [0.717, 1.165) is 24.3 Å². The number of carbonyl (C=O) groups excluding carboxylic acids is 1. The van der Waals surface area contributed by atoms with Gasteiger partial charge >= 0.3 is 6.18 Å². The summed E-state index contributed by atoms with van der Waals surface area (Å²) >= 11 is 0. The third-order valence-corrected chi connectivity index (χ3v) is 8.77. The van der Waals surface area contributed by atoms with Gasteiger partial charge in [-0.2, -0.15) is 13.2 Å². The molecule has 11 heteroatoms. The van der Waals surface area contributed by atoms with E-state index in [4.69, 9.17) is 9.47 Å². The quantitative estimate of drug-likeness (QED) is 0.494. The van der Waals surface area contributed by atoms with Crippen molar-refractivity contribution in [2.75, 3.05) is 13.2 Å². The average Bonchev–Trinajstić information content (AvgIpc) is 2.75. The molecule has 5 nitrogen and oxygen atoms in total. The van der Waals surface area contributed by atoms with Crippen molar-refractivity contribution in [2.24, 2.45) is 5.92 Å². The van der Waals surface area contributed by atoms with Crippen molar-refractivity contribution in [3.05, 3.63) is 59.2 Å². The topological polar surface area (TPSA) is 69.7 Å². The van der Waals surface area contributed by atoms with Crippen LogP contribution in [0.25, 0.3) is 0 Å². The second-order valence-corrected chi connectivity index (χ2v) is 10.1. The lowest BCUT2D eigenvalue weighted by Crippen LogP contribution is -2.62. The minimum Gasteiger partial charge on any atom is -0.490 e. The maximum atomic E-state index is 15.1. The Morgan fingerprint density at radius 3 is 2.28 bits per heavy atom. The number of rotatable bonds is 3. The van der Waals surface area contributed by atoms with E-state index in [2.05, 4.69) is 0 Å². The summed E-state index contributed by atoms with van der Waals surface area (Å²) in [5, 5.41) is 0. The Balaban J connectivity index is 2.02. The number of aldehydes is 1. The minimum atomic E-state index is -4.70. The first kappa shape index (κ1) is 22.7. The van der Waals surface area contributed by atoms with Gasteiger partial charge in [0.05, 0.1) is 28.5 Å². The van der Waals surface area contributed by atoms with Gasteiger partial charge in [0.1, 0.15) is 16.2 Å². The van der Waals surface area contributed by atoms with Crippen LogP contribution in [0.2, 0.25) is 0 Å². The van der Waals surface area contributed by atoms with Crippen LogP contribution in [0.4, 0.5) is 22.0 Å². The van der Waals surface area contributed by atoms with Crippen molar-refractivity contribution in [2.45, 2.75) is 34.8 Å². The molecule has 2 aromatic carbocycles. The highest BCUT2D eigenvalue weighted by molar-refractivity contribution is 7.92. The van der Waals surface area contributed by atoms with Crippen molar-refractivity contribution in [3.8, 4) is 5.75 Å². The fourth-order valence-electron chi connectivity index (χ4n) is 4.60. The van der Waals surface area contributed by atoms with Crippen molar-refractivity contribution in [3.63, 3.8) is 0 Å². The van der Waals surface area contributed by atoms with Gasteiger partial charge in [-0.3, -0.25) is 0 Å². The molecule has 172 valence electrons. The molecule has 4 rings (SSSR count). The molecule has 2 heterocycles. The number of hydrogen-bond acceptors (Lipinski definition) is 5. The average molecular weight is 476 g/mol. The van der Waals surface area contributed by atoms with E-state index in [0.29, 0.717) is 18.4 Å². The van der Waals surface area contributed by atoms with Gasteiger partial charge in [0.25, 0.3) is 0 Å². The van der Waals surface area contributed by atoms with E-state index in [9.17, 15) is 30.8 Å². The highest BCUT2D eigenvalue weighted by Gasteiger charge is 2.65. The first-order valence-electron chi connectivity index (χ1n) is 9.52. The summed E-state index contributed by atoms with van der Waals surface area (Å²) in [7, 11) is -4.67. The van der Waals surface area contributed by atoms with Gasteiger partial charge < -0.3 is 14.3 Å². The summed E-state index contributed by atoms with van der Waals surface area (Å²) in [5.74, 6) is -3.97. The fourth-order valence-corrected chi connectivity index (χ4v) is 7.00. The zero-order valence-corrected chi connectivity index (χ0v) is 17.4. The smallest absolute Gasteiger partial charge is 0.416 e. The second kappa shape index (κ2) is 7.24. The molecule has 0 aromatic heterocycles. The standard InChI is InChI=1S/C21H17F5O5S/c1-19(11-27)16-10-30-18-15(23)7-6-14(22)17(18)20(16,8-9-31-19)32(28,29)13-4-2-12(3-5-13)21(24,25)26/h2-7,11,16H,8-10H2,1H3/t16-,19-,20-/m0/s1. The normalized spacial score (nSPS) is 27.8. The van der Waals surface area contributed by atoms with E-state index in [-0.39, 0.29) is 13.0 Å². The molecular formula is C21H17F5O5S. The first-order chi connectivity index (χ1) is 14.9.